The summed E-state index contributed by atoms with van der Waals surface area (Å²) >= 11 is 0. The number of rotatable bonds is 5. The minimum atomic E-state index is -3.88. The zero-order valence-corrected chi connectivity index (χ0v) is 12.2. The zero-order valence-electron chi connectivity index (χ0n) is 10.6. The Kier molecular flexibility index (Phi) is 4.20. The highest BCUT2D eigenvalue weighted by Crippen LogP contribution is 2.28. The summed E-state index contributed by atoms with van der Waals surface area (Å²) in [6, 6.07) is 1.16. The molecule has 1 fully saturated rings. The monoisotopic (exact) mass is 305 g/mol. The second-order valence-electron chi connectivity index (χ2n) is 4.81. The Morgan fingerprint density at radius 1 is 1.53 bits per heavy atom. The molecular weight excluding hydrogens is 290 g/mol. The van der Waals surface area contributed by atoms with Crippen molar-refractivity contribution in [2.75, 3.05) is 6.54 Å². The van der Waals surface area contributed by atoms with E-state index in [1.54, 1.807) is 0 Å². The van der Waals surface area contributed by atoms with Gasteiger partial charge in [0.25, 0.3) is 15.0 Å². The van der Waals surface area contributed by atoms with Gasteiger partial charge in [-0.25, -0.2) is 8.42 Å². The summed E-state index contributed by atoms with van der Waals surface area (Å²) < 4.78 is 27.6. The van der Waals surface area contributed by atoms with Gasteiger partial charge in [-0.1, -0.05) is 19.3 Å². The fourth-order valence-corrected chi connectivity index (χ4v) is 3.17. The molecule has 1 aliphatic carbocycles. The number of nitrogens with one attached hydrogen (secondary N) is 1. The topological polar surface area (TPSA) is 76.4 Å². The fourth-order valence-electron chi connectivity index (χ4n) is 2.08. The van der Waals surface area contributed by atoms with Crippen LogP contribution in [0.1, 0.15) is 42.0 Å². The van der Waals surface area contributed by atoms with Gasteiger partial charge < -0.3 is 9.73 Å². The van der Waals surface area contributed by atoms with Crippen LogP contribution in [0, 0.1) is 12.8 Å². The van der Waals surface area contributed by atoms with Gasteiger partial charge in [0.15, 0.2) is 5.76 Å². The Labute approximate surface area is 116 Å². The summed E-state index contributed by atoms with van der Waals surface area (Å²) in [5, 5.41) is 2.72. The van der Waals surface area contributed by atoms with Gasteiger partial charge in [-0.2, -0.15) is 0 Å². The number of carbonyl (C=O) groups is 1. The maximum atomic E-state index is 11.8. The van der Waals surface area contributed by atoms with E-state index in [9.17, 15) is 13.2 Å². The first-order valence-electron chi connectivity index (χ1n) is 6.21. The molecule has 1 aromatic rings. The summed E-state index contributed by atoms with van der Waals surface area (Å²) in [7, 11) is 1.36. The molecule has 1 amide bonds. The highest BCUT2D eigenvalue weighted by Gasteiger charge is 2.22. The molecule has 1 aliphatic rings. The third-order valence-corrected chi connectivity index (χ3v) is 4.85. The molecule has 0 saturated heterocycles. The van der Waals surface area contributed by atoms with Gasteiger partial charge in [-0.05, 0) is 19.3 Å². The largest absolute Gasteiger partial charge is 0.455 e. The standard InChI is InChI=1S/C12H16ClNO4S/c1-8-11(19(13,16)17)7-10(18-8)12(15)14-6-5-9-3-2-4-9/h7,9H,2-6H2,1H3,(H,14,15). The molecule has 0 unspecified atom stereocenters. The Morgan fingerprint density at radius 3 is 2.68 bits per heavy atom. The molecule has 0 atom stereocenters. The molecule has 0 aromatic carbocycles. The number of carbonyl (C=O) groups excluding carboxylic acids is 1. The maximum absolute atomic E-state index is 11.8. The normalized spacial score (nSPS) is 16.1. The van der Waals surface area contributed by atoms with E-state index in [1.807, 2.05) is 0 Å². The van der Waals surface area contributed by atoms with Crippen molar-refractivity contribution in [2.24, 2.45) is 5.92 Å². The first-order chi connectivity index (χ1) is 8.88. The van der Waals surface area contributed by atoms with Crippen molar-refractivity contribution >= 4 is 25.6 Å². The van der Waals surface area contributed by atoms with Crippen molar-refractivity contribution in [2.45, 2.75) is 37.5 Å². The third-order valence-electron chi connectivity index (χ3n) is 3.42. The summed E-state index contributed by atoms with van der Waals surface area (Å²) in [6.45, 7) is 2.03. The number of halogens is 1. The van der Waals surface area contributed by atoms with E-state index >= 15 is 0 Å². The highest BCUT2D eigenvalue weighted by atomic mass is 35.7. The predicted molar refractivity (Wildman–Crippen MR) is 70.8 cm³/mol. The molecule has 2 rings (SSSR count). The van der Waals surface area contributed by atoms with Crippen LogP contribution in [0.4, 0.5) is 0 Å². The van der Waals surface area contributed by atoms with E-state index in [0.29, 0.717) is 12.5 Å². The van der Waals surface area contributed by atoms with Crippen LogP contribution in [0.25, 0.3) is 0 Å². The zero-order chi connectivity index (χ0) is 14.0. The molecular formula is C12H16ClNO4S. The number of furan rings is 1. The smallest absolute Gasteiger partial charge is 0.287 e. The van der Waals surface area contributed by atoms with Crippen LogP contribution in [0.3, 0.4) is 0 Å². The lowest BCUT2D eigenvalue weighted by atomic mass is 9.83. The maximum Gasteiger partial charge on any atom is 0.287 e. The number of hydrogen-bond donors (Lipinski definition) is 1. The average Bonchev–Trinajstić information content (AvgIpc) is 2.63. The lowest BCUT2D eigenvalue weighted by molar-refractivity contribution is 0.0920. The molecule has 0 spiro atoms. The van der Waals surface area contributed by atoms with Crippen molar-refractivity contribution in [3.8, 4) is 0 Å². The first kappa shape index (κ1) is 14.4. The Bertz CT molecular complexity index is 575. The van der Waals surface area contributed by atoms with Crippen LogP contribution in [-0.2, 0) is 9.05 Å². The first-order valence-corrected chi connectivity index (χ1v) is 8.52. The van der Waals surface area contributed by atoms with Crippen molar-refractivity contribution in [1.82, 2.24) is 5.32 Å². The quantitative estimate of drug-likeness (QED) is 0.848. The van der Waals surface area contributed by atoms with Gasteiger partial charge >= 0.3 is 0 Å². The van der Waals surface area contributed by atoms with Gasteiger partial charge in [0, 0.05) is 23.3 Å². The van der Waals surface area contributed by atoms with E-state index in [1.165, 1.54) is 26.2 Å². The van der Waals surface area contributed by atoms with Gasteiger partial charge in [-0.15, -0.1) is 0 Å². The van der Waals surface area contributed by atoms with Crippen molar-refractivity contribution < 1.29 is 17.6 Å². The van der Waals surface area contributed by atoms with Gasteiger partial charge in [0.1, 0.15) is 10.7 Å². The molecule has 0 radical (unpaired) electrons. The summed E-state index contributed by atoms with van der Waals surface area (Å²) in [4.78, 5) is 11.6. The average molecular weight is 306 g/mol. The summed E-state index contributed by atoms with van der Waals surface area (Å²) in [5.41, 5.74) is 0. The van der Waals surface area contributed by atoms with E-state index in [2.05, 4.69) is 5.32 Å². The van der Waals surface area contributed by atoms with E-state index in [0.717, 1.165) is 12.5 Å². The van der Waals surface area contributed by atoms with Crippen LogP contribution in [0.5, 0.6) is 0 Å². The minimum Gasteiger partial charge on any atom is -0.455 e. The Morgan fingerprint density at radius 2 is 2.21 bits per heavy atom. The van der Waals surface area contributed by atoms with Crippen LogP contribution >= 0.6 is 10.7 Å². The second-order valence-corrected chi connectivity index (χ2v) is 7.34. The van der Waals surface area contributed by atoms with Crippen molar-refractivity contribution in [1.29, 1.82) is 0 Å². The number of amides is 1. The van der Waals surface area contributed by atoms with Crippen LogP contribution < -0.4 is 5.32 Å². The second kappa shape index (κ2) is 5.54. The van der Waals surface area contributed by atoms with Crippen LogP contribution in [0.15, 0.2) is 15.4 Å². The molecule has 19 heavy (non-hydrogen) atoms. The van der Waals surface area contributed by atoms with Gasteiger partial charge in [0.2, 0.25) is 0 Å². The number of hydrogen-bond acceptors (Lipinski definition) is 4. The van der Waals surface area contributed by atoms with E-state index < -0.39 is 15.0 Å². The molecule has 7 heteroatoms. The minimum absolute atomic E-state index is 0.0228. The Hall–Kier alpha value is -1.01. The molecule has 0 aliphatic heterocycles. The molecule has 1 saturated carbocycles. The third kappa shape index (κ3) is 3.51. The van der Waals surface area contributed by atoms with Crippen LogP contribution in [0.2, 0.25) is 0 Å². The van der Waals surface area contributed by atoms with Gasteiger partial charge in [0.05, 0.1) is 0 Å². The molecule has 106 valence electrons. The lowest BCUT2D eigenvalue weighted by Crippen LogP contribution is -2.27. The SMILES string of the molecule is Cc1oc(C(=O)NCCC2CCC2)cc1S(=O)(=O)Cl. The highest BCUT2D eigenvalue weighted by molar-refractivity contribution is 8.13. The number of aryl methyl sites for hydroxylation is 1. The molecule has 0 bridgehead atoms. The molecule has 1 N–H and O–H groups in total. The fraction of sp³-hybridized carbons (Fsp3) is 0.583. The predicted octanol–water partition coefficient (Wildman–Crippen LogP) is 2.44. The molecule has 1 heterocycles. The van der Waals surface area contributed by atoms with Gasteiger partial charge in [-0.3, -0.25) is 4.79 Å². The van der Waals surface area contributed by atoms with E-state index in [4.69, 9.17) is 15.1 Å². The molecule has 1 aromatic heterocycles. The Balaban J connectivity index is 1.95. The molecule has 5 nitrogen and oxygen atoms in total. The summed E-state index contributed by atoms with van der Waals surface area (Å²) in [5.74, 6) is 0.399. The van der Waals surface area contributed by atoms with Crippen molar-refractivity contribution in [3.05, 3.63) is 17.6 Å². The summed E-state index contributed by atoms with van der Waals surface area (Å²) in [6.07, 6.45) is 4.67. The van der Waals surface area contributed by atoms with Crippen molar-refractivity contribution in [3.63, 3.8) is 0 Å². The lowest BCUT2D eigenvalue weighted by Gasteiger charge is -2.24. The van der Waals surface area contributed by atoms with E-state index in [-0.39, 0.29) is 16.4 Å². The van der Waals surface area contributed by atoms with Crippen LogP contribution in [-0.4, -0.2) is 20.9 Å².